The van der Waals surface area contributed by atoms with Crippen LogP contribution < -0.4 is 19.9 Å². The van der Waals surface area contributed by atoms with Gasteiger partial charge < -0.3 is 14.4 Å². The van der Waals surface area contributed by atoms with E-state index < -0.39 is 0 Å². The third-order valence-corrected chi connectivity index (χ3v) is 6.11. The second-order valence-electron chi connectivity index (χ2n) is 6.31. The molecule has 1 aliphatic rings. The molecular formula is C21H20N2O3S2. The molecule has 1 aliphatic heterocycles. The normalized spacial score (nSPS) is 12.2. The molecule has 0 radical (unpaired) electrons. The molecule has 4 rings (SSSR count). The van der Waals surface area contributed by atoms with Crippen LogP contribution in [0.15, 0.2) is 53.3 Å². The summed E-state index contributed by atoms with van der Waals surface area (Å²) in [5.41, 5.74) is 2.65. The molecule has 0 bridgehead atoms. The smallest absolute Gasteiger partial charge is 0.258 e. The van der Waals surface area contributed by atoms with Gasteiger partial charge in [0.05, 0.1) is 5.69 Å². The first-order chi connectivity index (χ1) is 13.6. The van der Waals surface area contributed by atoms with Crippen LogP contribution in [0.3, 0.4) is 0 Å². The highest BCUT2D eigenvalue weighted by Gasteiger charge is 2.15. The van der Waals surface area contributed by atoms with E-state index in [4.69, 9.17) is 21.7 Å². The molecule has 0 saturated heterocycles. The van der Waals surface area contributed by atoms with Crippen LogP contribution in [-0.2, 0) is 0 Å². The Bertz CT molecular complexity index is 1080. The minimum Gasteiger partial charge on any atom is -0.454 e. The Morgan fingerprint density at radius 3 is 2.43 bits per heavy atom. The third-order valence-electron chi connectivity index (χ3n) is 4.75. The number of anilines is 1. The van der Waals surface area contributed by atoms with E-state index in [1.54, 1.807) is 10.6 Å². The van der Waals surface area contributed by atoms with E-state index in [1.807, 2.05) is 42.5 Å². The molecule has 1 aromatic heterocycles. The van der Waals surface area contributed by atoms with E-state index >= 15 is 0 Å². The van der Waals surface area contributed by atoms with Crippen LogP contribution in [-0.4, -0.2) is 24.4 Å². The summed E-state index contributed by atoms with van der Waals surface area (Å²) >= 11 is 6.96. The highest BCUT2D eigenvalue weighted by molar-refractivity contribution is 7.73. The number of hydrogen-bond acceptors (Lipinski definition) is 6. The molecule has 28 heavy (non-hydrogen) atoms. The van der Waals surface area contributed by atoms with Crippen molar-refractivity contribution in [2.75, 3.05) is 24.8 Å². The van der Waals surface area contributed by atoms with Crippen LogP contribution in [0.5, 0.6) is 11.5 Å². The Labute approximate surface area is 172 Å². The molecule has 7 heteroatoms. The van der Waals surface area contributed by atoms with Gasteiger partial charge in [-0.15, -0.1) is 11.3 Å². The van der Waals surface area contributed by atoms with Gasteiger partial charge in [0.25, 0.3) is 5.56 Å². The van der Waals surface area contributed by atoms with Gasteiger partial charge in [-0.2, -0.15) is 0 Å². The van der Waals surface area contributed by atoms with Crippen LogP contribution >= 0.6 is 23.6 Å². The van der Waals surface area contributed by atoms with Crippen molar-refractivity contribution in [1.29, 1.82) is 0 Å². The van der Waals surface area contributed by atoms with Crippen LogP contribution in [0.4, 0.5) is 5.69 Å². The quantitative estimate of drug-likeness (QED) is 0.560. The predicted molar refractivity (Wildman–Crippen MR) is 116 cm³/mol. The number of benzene rings is 2. The lowest BCUT2D eigenvalue weighted by molar-refractivity contribution is 0.174. The lowest BCUT2D eigenvalue weighted by Crippen LogP contribution is -2.22. The van der Waals surface area contributed by atoms with Crippen LogP contribution in [0.1, 0.15) is 13.8 Å². The van der Waals surface area contributed by atoms with E-state index in [0.717, 1.165) is 34.9 Å². The first-order valence-electron chi connectivity index (χ1n) is 9.13. The lowest BCUT2D eigenvalue weighted by atomic mass is 10.1. The summed E-state index contributed by atoms with van der Waals surface area (Å²) in [6.07, 6.45) is 0. The minimum absolute atomic E-state index is 0.146. The number of nitrogens with zero attached hydrogens (tertiary/aromatic N) is 2. The Balaban J connectivity index is 1.70. The third kappa shape index (κ3) is 3.43. The van der Waals surface area contributed by atoms with Gasteiger partial charge in [-0.1, -0.05) is 0 Å². The Morgan fingerprint density at radius 2 is 1.75 bits per heavy atom. The van der Waals surface area contributed by atoms with E-state index in [0.29, 0.717) is 15.5 Å². The molecule has 0 N–H and O–H groups in total. The predicted octanol–water partition coefficient (Wildman–Crippen LogP) is 4.87. The summed E-state index contributed by atoms with van der Waals surface area (Å²) in [5.74, 6) is 1.40. The maximum absolute atomic E-state index is 12.8. The van der Waals surface area contributed by atoms with Crippen molar-refractivity contribution >= 4 is 29.2 Å². The van der Waals surface area contributed by atoms with Gasteiger partial charge in [0.15, 0.2) is 15.5 Å². The van der Waals surface area contributed by atoms with Gasteiger partial charge in [-0.3, -0.25) is 9.36 Å². The summed E-state index contributed by atoms with van der Waals surface area (Å²) in [5, 5.41) is 0. The summed E-state index contributed by atoms with van der Waals surface area (Å²) in [6, 6.07) is 15.2. The van der Waals surface area contributed by atoms with E-state index in [1.165, 1.54) is 11.3 Å². The van der Waals surface area contributed by atoms with E-state index in [2.05, 4.69) is 18.7 Å². The molecule has 2 heterocycles. The van der Waals surface area contributed by atoms with Crippen molar-refractivity contribution < 1.29 is 9.47 Å². The molecule has 0 aliphatic carbocycles. The molecule has 5 nitrogen and oxygen atoms in total. The number of aromatic nitrogens is 1. The molecule has 0 spiro atoms. The van der Waals surface area contributed by atoms with Gasteiger partial charge in [0, 0.05) is 29.7 Å². The lowest BCUT2D eigenvalue weighted by Gasteiger charge is -2.21. The van der Waals surface area contributed by atoms with Crippen molar-refractivity contribution in [2.24, 2.45) is 0 Å². The highest BCUT2D eigenvalue weighted by atomic mass is 32.1. The van der Waals surface area contributed by atoms with Crippen molar-refractivity contribution in [1.82, 2.24) is 4.57 Å². The highest BCUT2D eigenvalue weighted by Crippen LogP contribution is 2.36. The Kier molecular flexibility index (Phi) is 5.19. The summed E-state index contributed by atoms with van der Waals surface area (Å²) in [4.78, 5) is 15.9. The van der Waals surface area contributed by atoms with Gasteiger partial charge in [-0.25, -0.2) is 0 Å². The molecule has 0 fully saturated rings. The molecule has 3 aromatic rings. The SMILES string of the molecule is CCN(CC)c1ccc(-n2c(=O)cc(-c3ccc4c(c3)OCO4)sc2=S)cc1. The standard InChI is InChI=1S/C21H20N2O3S2/c1-3-22(4-2)15-6-8-16(9-7-15)23-20(24)12-19(28-21(23)27)14-5-10-17-18(11-14)26-13-25-17/h5-12H,3-4,13H2,1-2H3. The average molecular weight is 413 g/mol. The fourth-order valence-electron chi connectivity index (χ4n) is 3.26. The van der Waals surface area contributed by atoms with Gasteiger partial charge in [-0.05, 0) is 74.1 Å². The van der Waals surface area contributed by atoms with E-state index in [-0.39, 0.29) is 12.4 Å². The van der Waals surface area contributed by atoms with Gasteiger partial charge in [0.1, 0.15) is 0 Å². The van der Waals surface area contributed by atoms with E-state index in [9.17, 15) is 4.79 Å². The second kappa shape index (κ2) is 7.77. The molecule has 2 aromatic carbocycles. The maximum Gasteiger partial charge on any atom is 0.258 e. The van der Waals surface area contributed by atoms with Crippen LogP contribution in [0, 0.1) is 3.95 Å². The molecular weight excluding hydrogens is 392 g/mol. The summed E-state index contributed by atoms with van der Waals surface area (Å²) in [6.45, 7) is 6.35. The fraction of sp³-hybridized carbons (Fsp3) is 0.238. The van der Waals surface area contributed by atoms with Crippen molar-refractivity contribution in [3.05, 3.63) is 62.8 Å². The molecule has 0 atom stereocenters. The van der Waals surface area contributed by atoms with Crippen molar-refractivity contribution in [3.8, 4) is 27.6 Å². The Morgan fingerprint density at radius 1 is 1.04 bits per heavy atom. The topological polar surface area (TPSA) is 43.7 Å². The molecule has 0 saturated carbocycles. The zero-order valence-electron chi connectivity index (χ0n) is 15.7. The maximum atomic E-state index is 12.8. The number of rotatable bonds is 5. The number of ether oxygens (including phenoxy) is 2. The monoisotopic (exact) mass is 412 g/mol. The number of fused-ring (bicyclic) bond motifs is 1. The zero-order valence-corrected chi connectivity index (χ0v) is 17.3. The molecule has 0 amide bonds. The van der Waals surface area contributed by atoms with Crippen LogP contribution in [0.2, 0.25) is 0 Å². The fourth-order valence-corrected chi connectivity index (χ4v) is 4.61. The van der Waals surface area contributed by atoms with Crippen LogP contribution in [0.25, 0.3) is 16.1 Å². The molecule has 144 valence electrons. The largest absolute Gasteiger partial charge is 0.454 e. The first-order valence-corrected chi connectivity index (χ1v) is 10.4. The second-order valence-corrected chi connectivity index (χ2v) is 7.98. The zero-order chi connectivity index (χ0) is 19.7. The van der Waals surface area contributed by atoms with Gasteiger partial charge in [0.2, 0.25) is 6.79 Å². The first kappa shape index (κ1) is 18.7. The molecule has 0 unspecified atom stereocenters. The number of hydrogen-bond donors (Lipinski definition) is 0. The van der Waals surface area contributed by atoms with Crippen molar-refractivity contribution in [3.63, 3.8) is 0 Å². The van der Waals surface area contributed by atoms with Gasteiger partial charge >= 0.3 is 0 Å². The van der Waals surface area contributed by atoms with Crippen molar-refractivity contribution in [2.45, 2.75) is 13.8 Å². The summed E-state index contributed by atoms with van der Waals surface area (Å²) in [7, 11) is 0. The average Bonchev–Trinajstić information content (AvgIpc) is 3.17. The Hall–Kier alpha value is -2.64. The summed E-state index contributed by atoms with van der Waals surface area (Å²) < 4.78 is 12.9. The minimum atomic E-state index is -0.146.